The lowest BCUT2D eigenvalue weighted by Crippen LogP contribution is -2.44. The van der Waals surface area contributed by atoms with Gasteiger partial charge < -0.3 is 19.9 Å². The number of urea groups is 1. The maximum absolute atomic E-state index is 12.3. The van der Waals surface area contributed by atoms with E-state index < -0.39 is 11.7 Å². The molecule has 0 spiro atoms. The first-order chi connectivity index (χ1) is 9.74. The van der Waals surface area contributed by atoms with Crippen molar-refractivity contribution in [2.24, 2.45) is 0 Å². The summed E-state index contributed by atoms with van der Waals surface area (Å²) in [5.41, 5.74) is -0.511. The van der Waals surface area contributed by atoms with Gasteiger partial charge in [-0.3, -0.25) is 4.90 Å². The lowest BCUT2D eigenvalue weighted by Gasteiger charge is -2.24. The molecular weight excluding hydrogens is 272 g/mol. The zero-order valence-electron chi connectivity index (χ0n) is 13.1. The molecule has 0 radical (unpaired) electrons. The smallest absolute Gasteiger partial charge is 0.407 e. The molecule has 2 aliphatic rings. The highest BCUT2D eigenvalue weighted by Gasteiger charge is 2.31. The van der Waals surface area contributed by atoms with E-state index in [0.717, 1.165) is 6.42 Å². The summed E-state index contributed by atoms with van der Waals surface area (Å²) in [6.07, 6.45) is 3.96. The molecule has 0 bridgehead atoms. The largest absolute Gasteiger partial charge is 0.444 e. The van der Waals surface area contributed by atoms with E-state index in [2.05, 4.69) is 5.32 Å². The summed E-state index contributed by atoms with van der Waals surface area (Å²) >= 11 is 0. The van der Waals surface area contributed by atoms with Gasteiger partial charge in [-0.1, -0.05) is 0 Å². The van der Waals surface area contributed by atoms with Crippen molar-refractivity contribution in [1.29, 1.82) is 0 Å². The monoisotopic (exact) mass is 296 g/mol. The van der Waals surface area contributed by atoms with Gasteiger partial charge in [0.25, 0.3) is 0 Å². The second kappa shape index (κ2) is 5.83. The number of ether oxygens (including phenoxy) is 1. The van der Waals surface area contributed by atoms with Gasteiger partial charge in [0.05, 0.1) is 12.7 Å². The predicted octanol–water partition coefficient (Wildman–Crippen LogP) is 1.38. The van der Waals surface area contributed by atoms with Crippen LogP contribution >= 0.6 is 0 Å². The quantitative estimate of drug-likeness (QED) is 0.794. The van der Waals surface area contributed by atoms with E-state index in [1.54, 1.807) is 16.0 Å². The molecule has 1 atom stereocenters. The Hall–Kier alpha value is -1.92. The van der Waals surface area contributed by atoms with E-state index in [9.17, 15) is 9.59 Å². The number of hydrogen-bond acceptors (Lipinski definition) is 4. The Morgan fingerprint density at radius 2 is 2.00 bits per heavy atom. The predicted molar refractivity (Wildman–Crippen MR) is 78.4 cm³/mol. The Morgan fingerprint density at radius 3 is 2.57 bits per heavy atom. The lowest BCUT2D eigenvalue weighted by atomic mass is 10.2. The fourth-order valence-corrected chi connectivity index (χ4v) is 2.36. The highest BCUT2D eigenvalue weighted by Crippen LogP contribution is 2.15. The zero-order chi connectivity index (χ0) is 15.6. The van der Waals surface area contributed by atoms with Crippen molar-refractivity contribution in [3.05, 3.63) is 12.4 Å². The zero-order valence-corrected chi connectivity index (χ0v) is 13.1. The number of carbonyl (C=O) groups is 2. The Labute approximate surface area is 125 Å². The number of alkyl carbamates (subject to hydrolysis) is 1. The summed E-state index contributed by atoms with van der Waals surface area (Å²) in [4.78, 5) is 29.4. The maximum atomic E-state index is 12.3. The van der Waals surface area contributed by atoms with Gasteiger partial charge in [-0.2, -0.15) is 0 Å². The second-order valence-corrected chi connectivity index (χ2v) is 6.53. The van der Waals surface area contributed by atoms with E-state index >= 15 is 0 Å². The van der Waals surface area contributed by atoms with Crippen LogP contribution in [0.1, 0.15) is 27.2 Å². The highest BCUT2D eigenvalue weighted by atomic mass is 16.6. The first kappa shape index (κ1) is 15.5. The van der Waals surface area contributed by atoms with Crippen LogP contribution in [0, 0.1) is 0 Å². The van der Waals surface area contributed by atoms with Gasteiger partial charge in [0.2, 0.25) is 0 Å². The van der Waals surface area contributed by atoms with Crippen LogP contribution in [0.5, 0.6) is 0 Å². The van der Waals surface area contributed by atoms with Gasteiger partial charge >= 0.3 is 12.1 Å². The van der Waals surface area contributed by atoms with Crippen LogP contribution in [-0.4, -0.2) is 65.3 Å². The van der Waals surface area contributed by atoms with Crippen molar-refractivity contribution in [2.45, 2.75) is 38.8 Å². The van der Waals surface area contributed by atoms with E-state index in [0.29, 0.717) is 19.8 Å². The summed E-state index contributed by atoms with van der Waals surface area (Å²) in [5, 5.41) is 2.82. The average molecular weight is 296 g/mol. The fourth-order valence-electron chi connectivity index (χ4n) is 2.36. The van der Waals surface area contributed by atoms with Gasteiger partial charge in [-0.15, -0.1) is 0 Å². The van der Waals surface area contributed by atoms with Gasteiger partial charge in [0.1, 0.15) is 5.60 Å². The third-order valence-electron chi connectivity index (χ3n) is 3.30. The number of likely N-dealkylation sites (tertiary alicyclic amines) is 1. The van der Waals surface area contributed by atoms with Gasteiger partial charge in [0, 0.05) is 32.5 Å². The molecule has 1 saturated heterocycles. The molecular formula is C14H24N4O3. The van der Waals surface area contributed by atoms with Crippen molar-refractivity contribution in [3.63, 3.8) is 0 Å². The Kier molecular flexibility index (Phi) is 4.29. The molecule has 7 nitrogen and oxygen atoms in total. The van der Waals surface area contributed by atoms with E-state index in [1.807, 2.05) is 38.9 Å². The minimum Gasteiger partial charge on any atom is -0.444 e. The summed E-state index contributed by atoms with van der Waals surface area (Å²) in [5.74, 6) is 0. The molecule has 2 rings (SSSR count). The van der Waals surface area contributed by atoms with Crippen LogP contribution in [0.4, 0.5) is 9.59 Å². The minimum atomic E-state index is -0.511. The number of nitrogens with one attached hydrogen (secondary N) is 1. The summed E-state index contributed by atoms with van der Waals surface area (Å²) in [6.45, 7) is 7.22. The fraction of sp³-hybridized carbons (Fsp3) is 0.714. The normalized spacial score (nSPS) is 21.9. The molecule has 1 unspecified atom stereocenters. The van der Waals surface area contributed by atoms with Crippen molar-refractivity contribution >= 4 is 12.1 Å². The van der Waals surface area contributed by atoms with E-state index in [4.69, 9.17) is 4.74 Å². The van der Waals surface area contributed by atoms with Crippen molar-refractivity contribution in [2.75, 3.05) is 26.8 Å². The first-order valence-electron chi connectivity index (χ1n) is 7.18. The summed E-state index contributed by atoms with van der Waals surface area (Å²) < 4.78 is 5.23. The third kappa shape index (κ3) is 4.27. The van der Waals surface area contributed by atoms with E-state index in [-0.39, 0.29) is 12.1 Å². The lowest BCUT2D eigenvalue weighted by molar-refractivity contribution is 0.0505. The number of amides is 3. The van der Waals surface area contributed by atoms with Crippen LogP contribution in [-0.2, 0) is 4.74 Å². The molecule has 0 aromatic heterocycles. The van der Waals surface area contributed by atoms with Crippen LogP contribution in [0.25, 0.3) is 0 Å². The molecule has 118 valence electrons. The standard InChI is InChI=1S/C14H24N4O3/c1-14(2,3)21-12(19)15-11-5-6-17(9-11)13(20)18-8-7-16(4)10-18/h7-8,11H,5-6,9-10H2,1-4H3,(H,15,19). The third-order valence-corrected chi connectivity index (χ3v) is 3.30. The maximum Gasteiger partial charge on any atom is 0.407 e. The average Bonchev–Trinajstić information content (AvgIpc) is 2.95. The number of nitrogens with zero attached hydrogens (tertiary/aromatic N) is 3. The molecule has 1 N–H and O–H groups in total. The molecule has 21 heavy (non-hydrogen) atoms. The topological polar surface area (TPSA) is 65.1 Å². The van der Waals surface area contributed by atoms with Crippen LogP contribution < -0.4 is 5.32 Å². The molecule has 0 saturated carbocycles. The molecule has 2 aliphatic heterocycles. The highest BCUT2D eigenvalue weighted by molar-refractivity contribution is 5.76. The molecule has 1 fully saturated rings. The van der Waals surface area contributed by atoms with Crippen LogP contribution in [0.2, 0.25) is 0 Å². The van der Waals surface area contributed by atoms with E-state index in [1.165, 1.54) is 0 Å². The molecule has 7 heteroatoms. The van der Waals surface area contributed by atoms with Crippen LogP contribution in [0.3, 0.4) is 0 Å². The molecule has 2 heterocycles. The SMILES string of the molecule is CN1C=CN(C(=O)N2CCC(NC(=O)OC(C)(C)C)C2)C1. The summed E-state index contributed by atoms with van der Waals surface area (Å²) in [7, 11) is 1.92. The molecule has 0 aromatic rings. The van der Waals surface area contributed by atoms with Gasteiger partial charge in [0.15, 0.2) is 0 Å². The molecule has 0 aliphatic carbocycles. The van der Waals surface area contributed by atoms with Crippen molar-refractivity contribution in [1.82, 2.24) is 20.0 Å². The minimum absolute atomic E-state index is 0.0240. The van der Waals surface area contributed by atoms with Crippen molar-refractivity contribution < 1.29 is 14.3 Å². The Bertz CT molecular complexity index is 444. The summed E-state index contributed by atoms with van der Waals surface area (Å²) in [6, 6.07) is -0.0720. The number of rotatable bonds is 1. The Balaban J connectivity index is 1.79. The number of carbonyl (C=O) groups excluding carboxylic acids is 2. The second-order valence-electron chi connectivity index (χ2n) is 6.53. The number of hydrogen-bond donors (Lipinski definition) is 1. The molecule has 3 amide bonds. The Morgan fingerprint density at radius 1 is 1.29 bits per heavy atom. The van der Waals surface area contributed by atoms with Crippen LogP contribution in [0.15, 0.2) is 12.4 Å². The first-order valence-corrected chi connectivity index (χ1v) is 7.18. The van der Waals surface area contributed by atoms with Crippen molar-refractivity contribution in [3.8, 4) is 0 Å². The van der Waals surface area contributed by atoms with Gasteiger partial charge in [-0.25, -0.2) is 9.59 Å². The van der Waals surface area contributed by atoms with Gasteiger partial charge in [-0.05, 0) is 27.2 Å². The molecule has 0 aromatic carbocycles.